The van der Waals surface area contributed by atoms with Crippen molar-refractivity contribution in [2.45, 2.75) is 18.8 Å². The van der Waals surface area contributed by atoms with E-state index in [1.54, 1.807) is 0 Å². The van der Waals surface area contributed by atoms with Crippen LogP contribution in [-0.2, 0) is 6.42 Å². The van der Waals surface area contributed by atoms with Gasteiger partial charge in [-0.1, -0.05) is 72.8 Å². The molecule has 0 radical (unpaired) electrons. The summed E-state index contributed by atoms with van der Waals surface area (Å²) in [6.45, 7) is 0. The van der Waals surface area contributed by atoms with Crippen molar-refractivity contribution in [1.29, 1.82) is 0 Å². The van der Waals surface area contributed by atoms with Crippen molar-refractivity contribution >= 4 is 10.8 Å². The van der Waals surface area contributed by atoms with Crippen molar-refractivity contribution in [3.63, 3.8) is 0 Å². The quantitative estimate of drug-likeness (QED) is 0.516. The molecule has 0 fully saturated rings. The first kappa shape index (κ1) is 15.4. The number of halogens is 2. The predicted octanol–water partition coefficient (Wildman–Crippen LogP) is 6.34. The molecule has 1 unspecified atom stereocenters. The van der Waals surface area contributed by atoms with Gasteiger partial charge in [-0.15, -0.1) is 0 Å². The molecule has 0 aromatic heterocycles. The third-order valence-corrected chi connectivity index (χ3v) is 4.14. The largest absolute Gasteiger partial charge is 0.266 e. The molecular weight excluding hydrogens is 290 g/mol. The van der Waals surface area contributed by atoms with E-state index in [0.29, 0.717) is 6.42 Å². The van der Waals surface area contributed by atoms with Crippen molar-refractivity contribution < 1.29 is 8.78 Å². The maximum absolute atomic E-state index is 13.0. The van der Waals surface area contributed by atoms with Crippen LogP contribution in [0.4, 0.5) is 8.78 Å². The number of rotatable bonds is 5. The third-order valence-electron chi connectivity index (χ3n) is 4.14. The summed E-state index contributed by atoms with van der Waals surface area (Å²) in [4.78, 5) is 0. The predicted molar refractivity (Wildman–Crippen MR) is 91.8 cm³/mol. The Kier molecular flexibility index (Phi) is 4.82. The molecule has 0 bridgehead atoms. The van der Waals surface area contributed by atoms with Gasteiger partial charge in [-0.05, 0) is 40.8 Å². The smallest absolute Gasteiger partial charge is 0.174 e. The molecule has 2 heteroatoms. The topological polar surface area (TPSA) is 0 Å². The first-order valence-electron chi connectivity index (χ1n) is 7.78. The van der Waals surface area contributed by atoms with Crippen LogP contribution in [-0.4, -0.2) is 0 Å². The maximum Gasteiger partial charge on any atom is 0.266 e. The Labute approximate surface area is 135 Å². The molecule has 116 valence electrons. The Balaban J connectivity index is 1.93. The summed E-state index contributed by atoms with van der Waals surface area (Å²) in [7, 11) is 0. The fourth-order valence-electron chi connectivity index (χ4n) is 3.02. The molecule has 0 aliphatic rings. The highest BCUT2D eigenvalue weighted by Crippen LogP contribution is 2.31. The average molecular weight is 308 g/mol. The van der Waals surface area contributed by atoms with Crippen molar-refractivity contribution in [3.05, 3.63) is 96.1 Å². The SMILES string of the molecule is FC(F)=CC(CCc1ccccc1)c1cccc2ccccc12. The van der Waals surface area contributed by atoms with E-state index >= 15 is 0 Å². The van der Waals surface area contributed by atoms with Crippen molar-refractivity contribution in [2.75, 3.05) is 0 Å². The molecule has 0 saturated heterocycles. The summed E-state index contributed by atoms with van der Waals surface area (Å²) in [6.07, 6.45) is 0.912. The number of hydrogen-bond acceptors (Lipinski definition) is 0. The summed E-state index contributed by atoms with van der Waals surface area (Å²) in [5.41, 5.74) is 2.14. The second-order valence-electron chi connectivity index (χ2n) is 5.66. The fraction of sp³-hybridized carbons (Fsp3) is 0.143. The molecule has 3 aromatic rings. The summed E-state index contributed by atoms with van der Waals surface area (Å²) in [6, 6.07) is 23.9. The molecule has 3 aromatic carbocycles. The Bertz CT molecular complexity index is 797. The highest BCUT2D eigenvalue weighted by molar-refractivity contribution is 5.86. The van der Waals surface area contributed by atoms with Gasteiger partial charge in [0.2, 0.25) is 0 Å². The van der Waals surface area contributed by atoms with Crippen molar-refractivity contribution in [1.82, 2.24) is 0 Å². The lowest BCUT2D eigenvalue weighted by atomic mass is 9.89. The van der Waals surface area contributed by atoms with Crippen LogP contribution < -0.4 is 0 Å². The van der Waals surface area contributed by atoms with Crippen LogP contribution in [0.15, 0.2) is 85.0 Å². The van der Waals surface area contributed by atoms with E-state index in [2.05, 4.69) is 0 Å². The van der Waals surface area contributed by atoms with E-state index < -0.39 is 6.08 Å². The first-order chi connectivity index (χ1) is 11.2. The minimum absolute atomic E-state index is 0.286. The Morgan fingerprint density at radius 2 is 1.52 bits per heavy atom. The van der Waals surface area contributed by atoms with Gasteiger partial charge in [0.05, 0.1) is 0 Å². The van der Waals surface area contributed by atoms with Gasteiger partial charge in [-0.25, -0.2) is 0 Å². The van der Waals surface area contributed by atoms with Crippen LogP contribution in [0.1, 0.15) is 23.5 Å². The van der Waals surface area contributed by atoms with Crippen LogP contribution in [0, 0.1) is 0 Å². The van der Waals surface area contributed by atoms with Gasteiger partial charge in [-0.3, -0.25) is 0 Å². The molecule has 0 heterocycles. The second-order valence-corrected chi connectivity index (χ2v) is 5.66. The minimum atomic E-state index is -1.61. The molecule has 23 heavy (non-hydrogen) atoms. The lowest BCUT2D eigenvalue weighted by molar-refractivity contribution is 0.413. The number of fused-ring (bicyclic) bond motifs is 1. The van der Waals surface area contributed by atoms with E-state index in [1.165, 1.54) is 5.56 Å². The van der Waals surface area contributed by atoms with Crippen LogP contribution >= 0.6 is 0 Å². The molecule has 0 saturated carbocycles. The molecule has 1 atom stereocenters. The number of hydrogen-bond donors (Lipinski definition) is 0. The van der Waals surface area contributed by atoms with E-state index in [0.717, 1.165) is 28.8 Å². The summed E-state index contributed by atoms with van der Waals surface area (Å²) in [5.74, 6) is -0.286. The minimum Gasteiger partial charge on any atom is -0.174 e. The summed E-state index contributed by atoms with van der Waals surface area (Å²) < 4.78 is 25.9. The Morgan fingerprint density at radius 1 is 0.826 bits per heavy atom. The lowest BCUT2D eigenvalue weighted by Crippen LogP contribution is -2.00. The van der Waals surface area contributed by atoms with Crippen LogP contribution in [0.3, 0.4) is 0 Å². The maximum atomic E-state index is 13.0. The molecule has 0 spiro atoms. The second kappa shape index (κ2) is 7.19. The molecular formula is C21H18F2. The van der Waals surface area contributed by atoms with E-state index in [1.807, 2.05) is 72.8 Å². The monoisotopic (exact) mass is 308 g/mol. The lowest BCUT2D eigenvalue weighted by Gasteiger charge is -2.16. The van der Waals surface area contributed by atoms with Gasteiger partial charge in [0.15, 0.2) is 0 Å². The first-order valence-corrected chi connectivity index (χ1v) is 7.78. The number of benzene rings is 3. The van der Waals surface area contributed by atoms with Gasteiger partial charge in [0.25, 0.3) is 6.08 Å². The van der Waals surface area contributed by atoms with E-state index in [4.69, 9.17) is 0 Å². The highest BCUT2D eigenvalue weighted by atomic mass is 19.3. The normalized spacial score (nSPS) is 12.1. The zero-order valence-electron chi connectivity index (χ0n) is 12.8. The van der Waals surface area contributed by atoms with Gasteiger partial charge in [0.1, 0.15) is 0 Å². The van der Waals surface area contributed by atoms with Gasteiger partial charge in [-0.2, -0.15) is 8.78 Å². The zero-order valence-corrected chi connectivity index (χ0v) is 12.8. The van der Waals surface area contributed by atoms with E-state index in [-0.39, 0.29) is 5.92 Å². The standard InChI is InChI=1S/C21H18F2/c22-21(23)15-18(14-13-16-7-2-1-3-8-16)20-12-6-10-17-9-4-5-11-19(17)20/h1-12,15,18H,13-14H2. The fourth-order valence-corrected chi connectivity index (χ4v) is 3.02. The van der Waals surface area contributed by atoms with Gasteiger partial charge >= 0.3 is 0 Å². The van der Waals surface area contributed by atoms with Crippen LogP contribution in [0.25, 0.3) is 10.8 Å². The summed E-state index contributed by atoms with van der Waals surface area (Å²) >= 11 is 0. The number of allylic oxidation sites excluding steroid dienone is 1. The number of aryl methyl sites for hydroxylation is 1. The molecule has 3 rings (SSSR count). The molecule has 0 nitrogen and oxygen atoms in total. The summed E-state index contributed by atoms with van der Waals surface area (Å²) in [5, 5.41) is 2.13. The van der Waals surface area contributed by atoms with Crippen LogP contribution in [0.5, 0.6) is 0 Å². The Hall–Kier alpha value is -2.48. The van der Waals surface area contributed by atoms with E-state index in [9.17, 15) is 8.78 Å². The highest BCUT2D eigenvalue weighted by Gasteiger charge is 2.14. The zero-order chi connectivity index (χ0) is 16.1. The van der Waals surface area contributed by atoms with Gasteiger partial charge in [0, 0.05) is 5.92 Å². The molecule has 0 aliphatic heterocycles. The van der Waals surface area contributed by atoms with Gasteiger partial charge < -0.3 is 0 Å². The van der Waals surface area contributed by atoms with Crippen molar-refractivity contribution in [3.8, 4) is 0 Å². The molecule has 0 aliphatic carbocycles. The van der Waals surface area contributed by atoms with Crippen molar-refractivity contribution in [2.24, 2.45) is 0 Å². The molecule has 0 N–H and O–H groups in total. The third kappa shape index (κ3) is 3.84. The molecule has 0 amide bonds. The Morgan fingerprint density at radius 3 is 2.30 bits per heavy atom. The van der Waals surface area contributed by atoms with Crippen LogP contribution in [0.2, 0.25) is 0 Å². The average Bonchev–Trinajstić information content (AvgIpc) is 2.59.